The molecule has 0 atom stereocenters. The van der Waals surface area contributed by atoms with Gasteiger partial charge in [0.25, 0.3) is 5.91 Å². The van der Waals surface area contributed by atoms with Crippen LogP contribution < -0.4 is 5.73 Å². The summed E-state index contributed by atoms with van der Waals surface area (Å²) in [5.41, 5.74) is 5.26. The second-order valence-corrected chi connectivity index (χ2v) is 5.58. The molecule has 0 fully saturated rings. The zero-order valence-electron chi connectivity index (χ0n) is 11.6. The van der Waals surface area contributed by atoms with Crippen LogP contribution in [0.1, 0.15) is 29.1 Å². The summed E-state index contributed by atoms with van der Waals surface area (Å²) in [7, 11) is 0. The average molecular weight is 316 g/mol. The van der Waals surface area contributed by atoms with E-state index in [0.717, 1.165) is 23.5 Å². The summed E-state index contributed by atoms with van der Waals surface area (Å²) in [5, 5.41) is 0.283. The standard InChI is InChI=1S/C14H15F3N2OS/c1-3-19(4-2)13(20)12-11(18)9-7-8(14(15,16)17)5-6-10(9)21-12/h5-7H,3-4,18H2,1-2H3. The monoisotopic (exact) mass is 316 g/mol. The van der Waals surface area contributed by atoms with Crippen molar-refractivity contribution in [1.29, 1.82) is 0 Å². The molecule has 0 aliphatic rings. The number of nitrogen functional groups attached to an aromatic ring is 1. The minimum absolute atomic E-state index is 0.123. The molecule has 2 aromatic rings. The third-order valence-corrected chi connectivity index (χ3v) is 4.47. The molecular weight excluding hydrogens is 301 g/mol. The van der Waals surface area contributed by atoms with Crippen LogP contribution in [0.5, 0.6) is 0 Å². The highest BCUT2D eigenvalue weighted by molar-refractivity contribution is 7.21. The zero-order valence-corrected chi connectivity index (χ0v) is 12.4. The van der Waals surface area contributed by atoms with Gasteiger partial charge in [-0.3, -0.25) is 4.79 Å². The van der Waals surface area contributed by atoms with Crippen molar-refractivity contribution in [2.24, 2.45) is 0 Å². The van der Waals surface area contributed by atoms with Gasteiger partial charge in [0.05, 0.1) is 11.3 Å². The Labute approximate surface area is 124 Å². The van der Waals surface area contributed by atoms with Crippen LogP contribution in [0, 0.1) is 0 Å². The largest absolute Gasteiger partial charge is 0.416 e. The maximum Gasteiger partial charge on any atom is 0.416 e. The van der Waals surface area contributed by atoms with Gasteiger partial charge in [0.15, 0.2) is 0 Å². The molecule has 114 valence electrons. The van der Waals surface area contributed by atoms with Gasteiger partial charge in [0.1, 0.15) is 4.88 Å². The lowest BCUT2D eigenvalue weighted by Gasteiger charge is -2.17. The summed E-state index contributed by atoms with van der Waals surface area (Å²) in [6, 6.07) is 3.36. The van der Waals surface area contributed by atoms with E-state index in [4.69, 9.17) is 5.73 Å². The minimum Gasteiger partial charge on any atom is -0.397 e. The maximum atomic E-state index is 12.7. The number of carbonyl (C=O) groups is 1. The van der Waals surface area contributed by atoms with Gasteiger partial charge in [-0.1, -0.05) is 0 Å². The van der Waals surface area contributed by atoms with Crippen LogP contribution in [-0.4, -0.2) is 23.9 Å². The fourth-order valence-corrected chi connectivity index (χ4v) is 3.18. The molecule has 0 bridgehead atoms. The molecule has 3 nitrogen and oxygen atoms in total. The van der Waals surface area contributed by atoms with Gasteiger partial charge in [-0.05, 0) is 32.0 Å². The highest BCUT2D eigenvalue weighted by atomic mass is 32.1. The Morgan fingerprint density at radius 2 is 1.90 bits per heavy atom. The van der Waals surface area contributed by atoms with Crippen LogP contribution in [0.15, 0.2) is 18.2 Å². The van der Waals surface area contributed by atoms with Gasteiger partial charge in [-0.15, -0.1) is 11.3 Å². The van der Waals surface area contributed by atoms with Crippen LogP contribution >= 0.6 is 11.3 Å². The molecule has 0 spiro atoms. The molecule has 0 saturated heterocycles. The van der Waals surface area contributed by atoms with Crippen LogP contribution in [0.4, 0.5) is 18.9 Å². The van der Waals surface area contributed by atoms with Crippen molar-refractivity contribution >= 4 is 33.0 Å². The lowest BCUT2D eigenvalue weighted by Crippen LogP contribution is -2.30. The lowest BCUT2D eigenvalue weighted by molar-refractivity contribution is -0.137. The molecule has 1 aromatic carbocycles. The van der Waals surface area contributed by atoms with Gasteiger partial charge in [-0.25, -0.2) is 0 Å². The van der Waals surface area contributed by atoms with E-state index in [2.05, 4.69) is 0 Å². The summed E-state index contributed by atoms with van der Waals surface area (Å²) in [6.07, 6.45) is -4.42. The van der Waals surface area contributed by atoms with Crippen molar-refractivity contribution in [1.82, 2.24) is 4.90 Å². The number of thiophene rings is 1. The molecule has 0 saturated carbocycles. The smallest absolute Gasteiger partial charge is 0.397 e. The first-order chi connectivity index (χ1) is 9.79. The van der Waals surface area contributed by atoms with E-state index < -0.39 is 11.7 Å². The quantitative estimate of drug-likeness (QED) is 0.931. The normalized spacial score (nSPS) is 11.9. The molecule has 2 rings (SSSR count). The Morgan fingerprint density at radius 1 is 1.29 bits per heavy atom. The lowest BCUT2D eigenvalue weighted by atomic mass is 10.1. The molecule has 0 aliphatic heterocycles. The number of amides is 1. The first-order valence-corrected chi connectivity index (χ1v) is 7.29. The molecule has 0 aliphatic carbocycles. The van der Waals surface area contributed by atoms with Crippen molar-refractivity contribution in [3.63, 3.8) is 0 Å². The molecule has 0 radical (unpaired) electrons. The number of anilines is 1. The van der Waals surface area contributed by atoms with E-state index in [-0.39, 0.29) is 17.0 Å². The predicted octanol–water partition coefficient (Wildman–Crippen LogP) is 3.98. The van der Waals surface area contributed by atoms with E-state index in [0.29, 0.717) is 22.7 Å². The summed E-state index contributed by atoms with van der Waals surface area (Å²) < 4.78 is 38.8. The van der Waals surface area contributed by atoms with E-state index in [1.165, 1.54) is 6.07 Å². The fraction of sp³-hybridized carbons (Fsp3) is 0.357. The number of benzene rings is 1. The fourth-order valence-electron chi connectivity index (χ4n) is 2.11. The van der Waals surface area contributed by atoms with Gasteiger partial charge in [-0.2, -0.15) is 13.2 Å². The molecular formula is C14H15F3N2OS. The van der Waals surface area contributed by atoms with Crippen molar-refractivity contribution in [3.8, 4) is 0 Å². The average Bonchev–Trinajstić information content (AvgIpc) is 2.76. The summed E-state index contributed by atoms with van der Waals surface area (Å²) >= 11 is 1.13. The Morgan fingerprint density at radius 3 is 2.43 bits per heavy atom. The number of halogens is 3. The van der Waals surface area contributed by atoms with Gasteiger partial charge >= 0.3 is 6.18 Å². The molecule has 2 N–H and O–H groups in total. The Balaban J connectivity index is 2.54. The number of carbonyl (C=O) groups excluding carboxylic acids is 1. The molecule has 1 aromatic heterocycles. The number of hydrogen-bond acceptors (Lipinski definition) is 3. The van der Waals surface area contributed by atoms with Gasteiger partial charge in [0, 0.05) is 23.2 Å². The highest BCUT2D eigenvalue weighted by Gasteiger charge is 2.31. The van der Waals surface area contributed by atoms with Crippen LogP contribution in [0.2, 0.25) is 0 Å². The minimum atomic E-state index is -4.42. The maximum absolute atomic E-state index is 12.7. The van der Waals surface area contributed by atoms with E-state index in [9.17, 15) is 18.0 Å². The summed E-state index contributed by atoms with van der Waals surface area (Å²) in [4.78, 5) is 14.2. The topological polar surface area (TPSA) is 46.3 Å². The number of alkyl halides is 3. The van der Waals surface area contributed by atoms with E-state index in [1.54, 1.807) is 4.90 Å². The second kappa shape index (κ2) is 5.55. The van der Waals surface area contributed by atoms with Crippen molar-refractivity contribution < 1.29 is 18.0 Å². The predicted molar refractivity (Wildman–Crippen MR) is 78.5 cm³/mol. The number of rotatable bonds is 3. The molecule has 1 heterocycles. The summed E-state index contributed by atoms with van der Waals surface area (Å²) in [5.74, 6) is -0.243. The first kappa shape index (κ1) is 15.6. The number of fused-ring (bicyclic) bond motifs is 1. The van der Waals surface area contributed by atoms with Gasteiger partial charge < -0.3 is 10.6 Å². The Hall–Kier alpha value is -1.76. The number of hydrogen-bond donors (Lipinski definition) is 1. The van der Waals surface area contributed by atoms with Crippen LogP contribution in [-0.2, 0) is 6.18 Å². The summed E-state index contributed by atoms with van der Waals surface area (Å²) in [6.45, 7) is 4.73. The zero-order chi connectivity index (χ0) is 15.8. The Bertz CT molecular complexity index is 675. The highest BCUT2D eigenvalue weighted by Crippen LogP contribution is 2.38. The third kappa shape index (κ3) is 2.83. The van der Waals surface area contributed by atoms with E-state index >= 15 is 0 Å². The molecule has 21 heavy (non-hydrogen) atoms. The van der Waals surface area contributed by atoms with E-state index in [1.807, 2.05) is 13.8 Å². The first-order valence-electron chi connectivity index (χ1n) is 6.48. The molecule has 1 amide bonds. The molecule has 0 unspecified atom stereocenters. The van der Waals surface area contributed by atoms with Gasteiger partial charge in [0.2, 0.25) is 0 Å². The van der Waals surface area contributed by atoms with Crippen molar-refractivity contribution in [2.75, 3.05) is 18.8 Å². The Kier molecular flexibility index (Phi) is 4.13. The van der Waals surface area contributed by atoms with Crippen LogP contribution in [0.3, 0.4) is 0 Å². The van der Waals surface area contributed by atoms with Crippen molar-refractivity contribution in [3.05, 3.63) is 28.6 Å². The van der Waals surface area contributed by atoms with Crippen molar-refractivity contribution in [2.45, 2.75) is 20.0 Å². The molecule has 7 heteroatoms. The van der Waals surface area contributed by atoms with Crippen LogP contribution in [0.25, 0.3) is 10.1 Å². The number of nitrogens with zero attached hydrogens (tertiary/aromatic N) is 1. The third-order valence-electron chi connectivity index (χ3n) is 3.30. The number of nitrogens with two attached hydrogens (primary N) is 1. The second-order valence-electron chi connectivity index (χ2n) is 4.53. The SMILES string of the molecule is CCN(CC)C(=O)c1sc2ccc(C(F)(F)F)cc2c1N.